The Morgan fingerprint density at radius 2 is 1.58 bits per heavy atom. The fraction of sp³-hybridized carbons (Fsp3) is 0.600. The number of halogens is 1. The van der Waals surface area contributed by atoms with Crippen molar-refractivity contribution in [1.29, 1.82) is 0 Å². The molecule has 0 spiro atoms. The molecule has 0 aromatic heterocycles. The smallest absolute Gasteiger partial charge is 0.311 e. The van der Waals surface area contributed by atoms with Crippen LogP contribution in [0.1, 0.15) is 63.5 Å². The number of ether oxygens (including phenoxy) is 1. The van der Waals surface area contributed by atoms with Gasteiger partial charge in [-0.2, -0.15) is 0 Å². The molecule has 0 aliphatic carbocycles. The molecule has 0 saturated heterocycles. The molecule has 0 radical (unpaired) electrons. The third-order valence-electron chi connectivity index (χ3n) is 3.97. The van der Waals surface area contributed by atoms with Crippen molar-refractivity contribution >= 4 is 24.3 Å². The summed E-state index contributed by atoms with van der Waals surface area (Å²) in [5, 5.41) is 2.80. The van der Waals surface area contributed by atoms with E-state index in [1.54, 1.807) is 0 Å². The van der Waals surface area contributed by atoms with Crippen molar-refractivity contribution in [2.75, 3.05) is 27.2 Å². The summed E-state index contributed by atoms with van der Waals surface area (Å²) < 4.78 is 5.67. The zero-order valence-electron chi connectivity index (χ0n) is 16.8. The van der Waals surface area contributed by atoms with Gasteiger partial charge >= 0.3 is 5.97 Å². The van der Waals surface area contributed by atoms with Gasteiger partial charge in [-0.3, -0.25) is 9.59 Å². The van der Waals surface area contributed by atoms with Gasteiger partial charge in [0.15, 0.2) is 0 Å². The molecule has 26 heavy (non-hydrogen) atoms. The lowest BCUT2D eigenvalue weighted by Gasteiger charge is -2.18. The number of hydrogen-bond donors (Lipinski definition) is 1. The molecule has 1 aromatic carbocycles. The molecule has 6 heteroatoms. The van der Waals surface area contributed by atoms with E-state index >= 15 is 0 Å². The fourth-order valence-corrected chi connectivity index (χ4v) is 2.49. The van der Waals surface area contributed by atoms with Crippen LogP contribution in [0.3, 0.4) is 0 Å². The number of esters is 1. The molecule has 5 nitrogen and oxygen atoms in total. The van der Waals surface area contributed by atoms with Crippen LogP contribution in [0.4, 0.5) is 0 Å². The average Bonchev–Trinajstić information content (AvgIpc) is 2.52. The van der Waals surface area contributed by atoms with Gasteiger partial charge in [0.05, 0.1) is 6.42 Å². The van der Waals surface area contributed by atoms with E-state index in [2.05, 4.69) is 33.0 Å². The summed E-state index contributed by atoms with van der Waals surface area (Å²) in [6.07, 6.45) is 0.227. The lowest BCUT2D eigenvalue weighted by Crippen LogP contribution is -2.31. The topological polar surface area (TPSA) is 58.6 Å². The maximum absolute atomic E-state index is 12.2. The number of carbonyl (C=O) groups is 2. The van der Waals surface area contributed by atoms with Gasteiger partial charge in [-0.25, -0.2) is 0 Å². The number of nitrogens with zero attached hydrogens (tertiary/aromatic N) is 1. The second kappa shape index (κ2) is 11.9. The molecule has 0 unspecified atom stereocenters. The van der Waals surface area contributed by atoms with Crippen molar-refractivity contribution in [1.82, 2.24) is 10.2 Å². The fourth-order valence-electron chi connectivity index (χ4n) is 2.49. The van der Waals surface area contributed by atoms with Gasteiger partial charge in [0.2, 0.25) is 5.91 Å². The summed E-state index contributed by atoms with van der Waals surface area (Å²) in [7, 11) is 3.89. The molecule has 0 heterocycles. The van der Waals surface area contributed by atoms with Gasteiger partial charge < -0.3 is 15.0 Å². The Balaban J connectivity index is 0.00000625. The summed E-state index contributed by atoms with van der Waals surface area (Å²) >= 11 is 0. The molecular formula is C20H33ClN2O3. The molecule has 0 atom stereocenters. The van der Waals surface area contributed by atoms with Crippen LogP contribution >= 0.6 is 12.4 Å². The van der Waals surface area contributed by atoms with Gasteiger partial charge in [-0.15, -0.1) is 12.4 Å². The van der Waals surface area contributed by atoms with Crippen molar-refractivity contribution in [2.45, 2.75) is 52.4 Å². The van der Waals surface area contributed by atoms with Crippen molar-refractivity contribution in [2.24, 2.45) is 0 Å². The first-order valence-electron chi connectivity index (χ1n) is 8.97. The number of carbonyl (C=O) groups excluding carboxylic acids is 2. The monoisotopic (exact) mass is 384 g/mol. The number of likely N-dealkylation sites (N-methyl/N-ethyl adjacent to an activating group) is 1. The maximum atomic E-state index is 12.2. The summed E-state index contributed by atoms with van der Waals surface area (Å²) in [6.45, 7) is 9.66. The zero-order valence-corrected chi connectivity index (χ0v) is 17.6. The van der Waals surface area contributed by atoms with Crippen molar-refractivity contribution < 1.29 is 14.3 Å². The van der Waals surface area contributed by atoms with Gasteiger partial charge in [-0.05, 0) is 37.1 Å². The molecule has 0 aliphatic heterocycles. The largest absolute Gasteiger partial charge is 0.426 e. The first-order valence-corrected chi connectivity index (χ1v) is 8.97. The molecule has 0 fully saturated rings. The lowest BCUT2D eigenvalue weighted by molar-refractivity contribution is -0.136. The summed E-state index contributed by atoms with van der Waals surface area (Å²) in [5.74, 6) is 0.690. The normalized spacial score (nSPS) is 10.8. The van der Waals surface area contributed by atoms with E-state index in [1.807, 2.05) is 37.2 Å². The Morgan fingerprint density at radius 3 is 2.04 bits per heavy atom. The second-order valence-electron chi connectivity index (χ2n) is 7.20. The number of nitrogens with one attached hydrogen (secondary N) is 1. The Morgan fingerprint density at radius 1 is 1.04 bits per heavy atom. The minimum absolute atomic E-state index is 0. The van der Waals surface area contributed by atoms with Crippen LogP contribution in [-0.4, -0.2) is 44.0 Å². The van der Waals surface area contributed by atoms with E-state index in [0.29, 0.717) is 12.3 Å². The van der Waals surface area contributed by atoms with Crippen molar-refractivity contribution in [3.05, 3.63) is 29.3 Å². The molecule has 0 aliphatic rings. The summed E-state index contributed by atoms with van der Waals surface area (Å²) in [4.78, 5) is 26.0. The zero-order chi connectivity index (χ0) is 19.0. The third kappa shape index (κ3) is 8.19. The number of rotatable bonds is 9. The molecular weight excluding hydrogens is 352 g/mol. The predicted octanol–water partition coefficient (Wildman–Crippen LogP) is 3.72. The van der Waals surface area contributed by atoms with Crippen LogP contribution in [0.15, 0.2) is 18.2 Å². The molecule has 1 rings (SSSR count). The number of benzene rings is 1. The quantitative estimate of drug-likeness (QED) is 0.520. The van der Waals surface area contributed by atoms with Crippen LogP contribution in [0.2, 0.25) is 0 Å². The first kappa shape index (κ1) is 24.4. The molecule has 0 bridgehead atoms. The molecule has 0 saturated carbocycles. The predicted molar refractivity (Wildman–Crippen MR) is 108 cm³/mol. The highest BCUT2D eigenvalue weighted by atomic mass is 35.5. The SMILES string of the molecule is CC(C)c1cccc(C(C)C)c1OC(=O)CCC(=O)NCCN(C)C.Cl. The van der Waals surface area contributed by atoms with Gasteiger partial charge in [-0.1, -0.05) is 45.9 Å². The van der Waals surface area contributed by atoms with E-state index in [0.717, 1.165) is 17.7 Å². The van der Waals surface area contributed by atoms with Crippen molar-refractivity contribution in [3.8, 4) is 5.75 Å². The Labute approximate surface area is 163 Å². The van der Waals surface area contributed by atoms with Gasteiger partial charge in [0.1, 0.15) is 5.75 Å². The van der Waals surface area contributed by atoms with Crippen LogP contribution in [0.5, 0.6) is 5.75 Å². The van der Waals surface area contributed by atoms with Crippen LogP contribution < -0.4 is 10.1 Å². The van der Waals surface area contributed by atoms with Crippen LogP contribution in [0.25, 0.3) is 0 Å². The number of amides is 1. The minimum atomic E-state index is -0.363. The third-order valence-corrected chi connectivity index (χ3v) is 3.97. The summed E-state index contributed by atoms with van der Waals surface area (Å²) in [5.41, 5.74) is 2.05. The highest BCUT2D eigenvalue weighted by Gasteiger charge is 2.18. The summed E-state index contributed by atoms with van der Waals surface area (Å²) in [6, 6.07) is 5.99. The second-order valence-corrected chi connectivity index (χ2v) is 7.20. The minimum Gasteiger partial charge on any atom is -0.426 e. The standard InChI is InChI=1S/C20H32N2O3.ClH/c1-14(2)16-8-7-9-17(15(3)4)20(16)25-19(24)11-10-18(23)21-12-13-22(5)6;/h7-9,14-15H,10-13H2,1-6H3,(H,21,23);1H. The lowest BCUT2D eigenvalue weighted by atomic mass is 9.94. The van der Waals surface area contributed by atoms with Crippen LogP contribution in [0, 0.1) is 0 Å². The molecule has 1 aromatic rings. The van der Waals surface area contributed by atoms with E-state index in [4.69, 9.17) is 4.74 Å². The Hall–Kier alpha value is -1.59. The van der Waals surface area contributed by atoms with Crippen LogP contribution in [-0.2, 0) is 9.59 Å². The van der Waals surface area contributed by atoms with Gasteiger partial charge in [0.25, 0.3) is 0 Å². The average molecular weight is 385 g/mol. The van der Waals surface area contributed by atoms with E-state index in [1.165, 1.54) is 0 Å². The molecule has 1 N–H and O–H groups in total. The highest BCUT2D eigenvalue weighted by Crippen LogP contribution is 2.34. The highest BCUT2D eigenvalue weighted by molar-refractivity contribution is 5.85. The van der Waals surface area contributed by atoms with E-state index < -0.39 is 0 Å². The maximum Gasteiger partial charge on any atom is 0.311 e. The molecule has 1 amide bonds. The number of para-hydroxylation sites is 1. The molecule has 148 valence electrons. The van der Waals surface area contributed by atoms with E-state index in [9.17, 15) is 9.59 Å². The van der Waals surface area contributed by atoms with E-state index in [-0.39, 0.29) is 49.0 Å². The first-order chi connectivity index (χ1) is 11.7. The Bertz CT molecular complexity index is 560. The van der Waals surface area contributed by atoms with Crippen molar-refractivity contribution in [3.63, 3.8) is 0 Å². The number of hydrogen-bond acceptors (Lipinski definition) is 4. The van der Waals surface area contributed by atoms with Gasteiger partial charge in [0, 0.05) is 19.5 Å². The Kier molecular flexibility index (Phi) is 11.2.